The molecule has 0 fully saturated rings. The summed E-state index contributed by atoms with van der Waals surface area (Å²) < 4.78 is 0. The molecule has 0 aliphatic carbocycles. The van der Waals surface area contributed by atoms with Crippen LogP contribution in [0.3, 0.4) is 0 Å². The minimum atomic E-state index is -0.569. The van der Waals surface area contributed by atoms with Gasteiger partial charge in [-0.2, -0.15) is 4.98 Å². The van der Waals surface area contributed by atoms with E-state index in [1.165, 1.54) is 0 Å². The maximum Gasteiger partial charge on any atom is 0.329 e. The Labute approximate surface area is 98.2 Å². The summed E-state index contributed by atoms with van der Waals surface area (Å²) in [6.07, 6.45) is 1.12. The third-order valence-corrected chi connectivity index (χ3v) is 2.17. The van der Waals surface area contributed by atoms with Gasteiger partial charge in [-0.15, -0.1) is 0 Å². The van der Waals surface area contributed by atoms with Crippen LogP contribution in [0, 0.1) is 10.1 Å². The lowest BCUT2D eigenvalue weighted by Gasteiger charge is -2.10. The van der Waals surface area contributed by atoms with Crippen LogP contribution < -0.4 is 10.6 Å². The molecule has 1 aromatic heterocycles. The molecule has 0 saturated carbocycles. The Morgan fingerprint density at radius 3 is 2.88 bits per heavy atom. The first-order valence-corrected chi connectivity index (χ1v) is 5.19. The molecule has 0 radical (unpaired) electrons. The Kier molecular flexibility index (Phi) is 4.58. The highest BCUT2D eigenvalue weighted by atomic mass is 16.6. The zero-order valence-corrected chi connectivity index (χ0v) is 9.67. The summed E-state index contributed by atoms with van der Waals surface area (Å²) in [6, 6.07) is 0. The number of nitro groups is 1. The average molecular weight is 241 g/mol. The van der Waals surface area contributed by atoms with Crippen molar-refractivity contribution in [2.24, 2.45) is 0 Å². The predicted molar refractivity (Wildman–Crippen MR) is 63.0 cm³/mol. The minimum Gasteiger partial charge on any atom is -0.391 e. The maximum absolute atomic E-state index is 10.7. The summed E-state index contributed by atoms with van der Waals surface area (Å²) in [5.74, 6) is 0.380. The van der Waals surface area contributed by atoms with E-state index in [0.29, 0.717) is 6.42 Å². The van der Waals surface area contributed by atoms with Crippen molar-refractivity contribution in [3.8, 4) is 0 Å². The first kappa shape index (κ1) is 13.1. The van der Waals surface area contributed by atoms with Gasteiger partial charge in [0, 0.05) is 13.6 Å². The molecule has 1 atom stereocenters. The summed E-state index contributed by atoms with van der Waals surface area (Å²) in [5, 5.41) is 25.5. The molecular formula is C9H15N5O3. The number of rotatable bonds is 6. The summed E-state index contributed by atoms with van der Waals surface area (Å²) in [5.41, 5.74) is -0.215. The fourth-order valence-corrected chi connectivity index (χ4v) is 1.12. The van der Waals surface area contributed by atoms with E-state index in [0.717, 1.165) is 6.20 Å². The number of hydrogen-bond acceptors (Lipinski definition) is 7. The van der Waals surface area contributed by atoms with Gasteiger partial charge in [0.15, 0.2) is 0 Å². The second kappa shape index (κ2) is 5.94. The van der Waals surface area contributed by atoms with Crippen LogP contribution in [0.15, 0.2) is 6.20 Å². The highest BCUT2D eigenvalue weighted by Gasteiger charge is 2.17. The van der Waals surface area contributed by atoms with E-state index in [9.17, 15) is 15.2 Å². The van der Waals surface area contributed by atoms with Crippen molar-refractivity contribution >= 4 is 17.5 Å². The highest BCUT2D eigenvalue weighted by molar-refractivity contribution is 5.56. The van der Waals surface area contributed by atoms with E-state index in [1.807, 2.05) is 6.92 Å². The van der Waals surface area contributed by atoms with Crippen LogP contribution in [0.4, 0.5) is 17.5 Å². The maximum atomic E-state index is 10.7. The molecule has 0 aliphatic rings. The van der Waals surface area contributed by atoms with Crippen molar-refractivity contribution in [1.82, 2.24) is 9.97 Å². The zero-order valence-electron chi connectivity index (χ0n) is 9.67. The Morgan fingerprint density at radius 2 is 2.35 bits per heavy atom. The Hall–Kier alpha value is -1.96. The third kappa shape index (κ3) is 3.52. The lowest BCUT2D eigenvalue weighted by molar-refractivity contribution is -0.384. The second-order valence-electron chi connectivity index (χ2n) is 3.38. The lowest BCUT2D eigenvalue weighted by atomic mass is 10.3. The van der Waals surface area contributed by atoms with Gasteiger partial charge in [-0.3, -0.25) is 10.1 Å². The summed E-state index contributed by atoms with van der Waals surface area (Å²) >= 11 is 0. The quantitative estimate of drug-likeness (QED) is 0.494. The molecule has 0 aromatic carbocycles. The van der Waals surface area contributed by atoms with Crippen LogP contribution in [0.1, 0.15) is 13.3 Å². The summed E-state index contributed by atoms with van der Waals surface area (Å²) in [4.78, 5) is 17.9. The lowest BCUT2D eigenvalue weighted by Crippen LogP contribution is -2.19. The Bertz CT molecular complexity index is 398. The van der Waals surface area contributed by atoms with E-state index < -0.39 is 11.0 Å². The van der Waals surface area contributed by atoms with Crippen LogP contribution in [0.2, 0.25) is 0 Å². The first-order chi connectivity index (χ1) is 8.08. The highest BCUT2D eigenvalue weighted by Crippen LogP contribution is 2.21. The molecule has 3 N–H and O–H groups in total. The number of aliphatic hydroxyl groups excluding tert-OH is 1. The van der Waals surface area contributed by atoms with E-state index in [1.54, 1.807) is 7.05 Å². The Balaban J connectivity index is 2.89. The smallest absolute Gasteiger partial charge is 0.329 e. The van der Waals surface area contributed by atoms with Crippen molar-refractivity contribution in [3.63, 3.8) is 0 Å². The molecule has 1 heterocycles. The van der Waals surface area contributed by atoms with Gasteiger partial charge < -0.3 is 15.7 Å². The molecule has 0 spiro atoms. The number of hydrogen-bond donors (Lipinski definition) is 3. The third-order valence-electron chi connectivity index (χ3n) is 2.17. The predicted octanol–water partition coefficient (Wildman–Crippen LogP) is 0.609. The van der Waals surface area contributed by atoms with Gasteiger partial charge in [-0.05, 0) is 6.42 Å². The molecule has 0 amide bonds. The van der Waals surface area contributed by atoms with Gasteiger partial charge in [0.25, 0.3) is 0 Å². The molecule has 94 valence electrons. The van der Waals surface area contributed by atoms with E-state index in [2.05, 4.69) is 20.6 Å². The zero-order chi connectivity index (χ0) is 12.8. The van der Waals surface area contributed by atoms with E-state index >= 15 is 0 Å². The molecule has 1 aromatic rings. The molecule has 0 bridgehead atoms. The van der Waals surface area contributed by atoms with Crippen molar-refractivity contribution < 1.29 is 10.0 Å². The van der Waals surface area contributed by atoms with Crippen LogP contribution >= 0.6 is 0 Å². The molecule has 17 heavy (non-hydrogen) atoms. The first-order valence-electron chi connectivity index (χ1n) is 5.19. The Morgan fingerprint density at radius 1 is 1.65 bits per heavy atom. The SMILES string of the molecule is CCC(O)CNc1nc(NC)ncc1[N+](=O)[O-]. The monoisotopic (exact) mass is 241 g/mol. The summed E-state index contributed by atoms with van der Waals surface area (Å²) in [6.45, 7) is 2.03. The van der Waals surface area contributed by atoms with Crippen LogP contribution in [-0.4, -0.2) is 39.7 Å². The second-order valence-corrected chi connectivity index (χ2v) is 3.38. The van der Waals surface area contributed by atoms with Gasteiger partial charge in [-0.25, -0.2) is 4.98 Å². The molecule has 1 rings (SSSR count). The number of aromatic nitrogens is 2. The fourth-order valence-electron chi connectivity index (χ4n) is 1.12. The van der Waals surface area contributed by atoms with Gasteiger partial charge >= 0.3 is 5.69 Å². The van der Waals surface area contributed by atoms with Crippen LogP contribution in [-0.2, 0) is 0 Å². The molecule has 0 saturated heterocycles. The number of aliphatic hydroxyl groups is 1. The number of nitrogens with one attached hydrogen (secondary N) is 2. The molecule has 1 unspecified atom stereocenters. The van der Waals surface area contributed by atoms with Gasteiger partial charge in [0.1, 0.15) is 6.20 Å². The topological polar surface area (TPSA) is 113 Å². The van der Waals surface area contributed by atoms with E-state index in [4.69, 9.17) is 0 Å². The average Bonchev–Trinajstić information content (AvgIpc) is 2.35. The summed E-state index contributed by atoms with van der Waals surface area (Å²) in [7, 11) is 1.62. The normalized spacial score (nSPS) is 11.9. The van der Waals surface area contributed by atoms with E-state index in [-0.39, 0.29) is 24.0 Å². The van der Waals surface area contributed by atoms with Crippen molar-refractivity contribution in [1.29, 1.82) is 0 Å². The van der Waals surface area contributed by atoms with Crippen molar-refractivity contribution in [2.75, 3.05) is 24.2 Å². The van der Waals surface area contributed by atoms with Gasteiger partial charge in [0.05, 0.1) is 11.0 Å². The molecule has 0 aliphatic heterocycles. The fraction of sp³-hybridized carbons (Fsp3) is 0.556. The molecular weight excluding hydrogens is 226 g/mol. The minimum absolute atomic E-state index is 0.0989. The number of anilines is 2. The van der Waals surface area contributed by atoms with Crippen molar-refractivity contribution in [3.05, 3.63) is 16.3 Å². The largest absolute Gasteiger partial charge is 0.391 e. The van der Waals surface area contributed by atoms with Gasteiger partial charge in [-0.1, -0.05) is 6.92 Å². The molecule has 8 heteroatoms. The van der Waals surface area contributed by atoms with Crippen LogP contribution in [0.5, 0.6) is 0 Å². The van der Waals surface area contributed by atoms with Gasteiger partial charge in [0.2, 0.25) is 11.8 Å². The molecule has 8 nitrogen and oxygen atoms in total. The van der Waals surface area contributed by atoms with Crippen LogP contribution in [0.25, 0.3) is 0 Å². The van der Waals surface area contributed by atoms with Crippen molar-refractivity contribution in [2.45, 2.75) is 19.4 Å². The standard InChI is InChI=1S/C9H15N5O3/c1-3-6(15)4-11-8-7(14(16)17)5-12-9(10-2)13-8/h5-6,15H,3-4H2,1-2H3,(H2,10,11,12,13). The number of nitrogens with zero attached hydrogens (tertiary/aromatic N) is 3.